The van der Waals surface area contributed by atoms with Crippen LogP contribution in [0.2, 0.25) is 0 Å². The van der Waals surface area contributed by atoms with Gasteiger partial charge in [0.05, 0.1) is 6.10 Å². The zero-order valence-corrected chi connectivity index (χ0v) is 11.7. The molecule has 18 heavy (non-hydrogen) atoms. The Kier molecular flexibility index (Phi) is 6.35. The molecule has 0 spiro atoms. The lowest BCUT2D eigenvalue weighted by molar-refractivity contribution is -0.147. The number of rotatable bonds is 4. The SMILES string of the molecule is COC1(C(=O)NCC2CCCO2)CCNCC1.Cl. The molecule has 1 atom stereocenters. The number of methoxy groups -OCH3 is 1. The standard InChI is InChI=1S/C12H22N2O3.ClH/c1-16-12(4-6-13-7-5-12)11(15)14-9-10-3-2-8-17-10;/h10,13H,2-9H2,1H3,(H,14,15);1H. The van der Waals surface area contributed by atoms with Gasteiger partial charge in [0.2, 0.25) is 0 Å². The van der Waals surface area contributed by atoms with Gasteiger partial charge in [-0.3, -0.25) is 4.79 Å². The lowest BCUT2D eigenvalue weighted by atomic mass is 9.91. The van der Waals surface area contributed by atoms with Gasteiger partial charge >= 0.3 is 0 Å². The molecule has 2 rings (SSSR count). The average Bonchev–Trinajstić information content (AvgIpc) is 2.90. The van der Waals surface area contributed by atoms with Gasteiger partial charge in [-0.2, -0.15) is 0 Å². The molecule has 2 fully saturated rings. The average molecular weight is 279 g/mol. The summed E-state index contributed by atoms with van der Waals surface area (Å²) in [5, 5.41) is 6.21. The molecule has 5 nitrogen and oxygen atoms in total. The number of amides is 1. The summed E-state index contributed by atoms with van der Waals surface area (Å²) < 4.78 is 11.0. The monoisotopic (exact) mass is 278 g/mol. The van der Waals surface area contributed by atoms with Crippen LogP contribution >= 0.6 is 12.4 Å². The molecule has 2 N–H and O–H groups in total. The molecule has 2 aliphatic heterocycles. The Morgan fingerprint density at radius 1 is 1.50 bits per heavy atom. The van der Waals surface area contributed by atoms with Crippen molar-refractivity contribution in [1.82, 2.24) is 10.6 Å². The molecule has 1 amide bonds. The minimum atomic E-state index is -0.635. The van der Waals surface area contributed by atoms with Crippen LogP contribution in [-0.4, -0.2) is 51.0 Å². The highest BCUT2D eigenvalue weighted by molar-refractivity contribution is 5.85. The van der Waals surface area contributed by atoms with Crippen LogP contribution in [0, 0.1) is 0 Å². The normalized spacial score (nSPS) is 26.4. The number of piperidine rings is 1. The molecule has 0 aromatic heterocycles. The quantitative estimate of drug-likeness (QED) is 0.785. The number of halogens is 1. The number of carbonyl (C=O) groups excluding carboxylic acids is 1. The fourth-order valence-corrected chi connectivity index (χ4v) is 2.53. The Morgan fingerprint density at radius 2 is 2.22 bits per heavy atom. The molecular weight excluding hydrogens is 256 g/mol. The summed E-state index contributed by atoms with van der Waals surface area (Å²) in [7, 11) is 1.62. The summed E-state index contributed by atoms with van der Waals surface area (Å²) in [5.74, 6) is 0.0111. The minimum Gasteiger partial charge on any atom is -0.376 e. The van der Waals surface area contributed by atoms with E-state index in [1.807, 2.05) is 0 Å². The van der Waals surface area contributed by atoms with Crippen molar-refractivity contribution in [2.75, 3.05) is 33.4 Å². The largest absolute Gasteiger partial charge is 0.376 e. The minimum absolute atomic E-state index is 0. The van der Waals surface area contributed by atoms with Crippen LogP contribution in [0.3, 0.4) is 0 Å². The smallest absolute Gasteiger partial charge is 0.252 e. The molecule has 1 unspecified atom stereocenters. The second-order valence-corrected chi connectivity index (χ2v) is 4.79. The van der Waals surface area contributed by atoms with Gasteiger partial charge in [-0.15, -0.1) is 12.4 Å². The molecule has 2 heterocycles. The van der Waals surface area contributed by atoms with Crippen LogP contribution in [0.25, 0.3) is 0 Å². The maximum absolute atomic E-state index is 12.2. The molecule has 0 aromatic carbocycles. The molecule has 2 aliphatic rings. The van der Waals surface area contributed by atoms with E-state index in [9.17, 15) is 4.79 Å². The van der Waals surface area contributed by atoms with Crippen molar-refractivity contribution in [2.45, 2.75) is 37.4 Å². The first-order valence-corrected chi connectivity index (χ1v) is 6.43. The lowest BCUT2D eigenvalue weighted by Crippen LogP contribution is -2.55. The molecule has 0 bridgehead atoms. The molecule has 0 saturated carbocycles. The Balaban J connectivity index is 0.00000162. The van der Waals surface area contributed by atoms with Gasteiger partial charge in [-0.05, 0) is 38.8 Å². The fraction of sp³-hybridized carbons (Fsp3) is 0.917. The number of hydrogen-bond acceptors (Lipinski definition) is 4. The van der Waals surface area contributed by atoms with E-state index in [4.69, 9.17) is 9.47 Å². The van der Waals surface area contributed by atoms with Crippen LogP contribution in [-0.2, 0) is 14.3 Å². The van der Waals surface area contributed by atoms with Crippen molar-refractivity contribution in [3.63, 3.8) is 0 Å². The summed E-state index contributed by atoms with van der Waals surface area (Å²) >= 11 is 0. The number of nitrogens with one attached hydrogen (secondary N) is 2. The Hall–Kier alpha value is -0.360. The molecular formula is C12H23ClN2O3. The maximum atomic E-state index is 12.2. The van der Waals surface area contributed by atoms with Gasteiger partial charge in [-0.25, -0.2) is 0 Å². The van der Waals surface area contributed by atoms with Crippen molar-refractivity contribution < 1.29 is 14.3 Å². The van der Waals surface area contributed by atoms with E-state index >= 15 is 0 Å². The molecule has 0 radical (unpaired) electrons. The highest BCUT2D eigenvalue weighted by Crippen LogP contribution is 2.22. The lowest BCUT2D eigenvalue weighted by Gasteiger charge is -2.35. The summed E-state index contributed by atoms with van der Waals surface area (Å²) in [6.45, 7) is 3.10. The van der Waals surface area contributed by atoms with E-state index in [-0.39, 0.29) is 24.4 Å². The van der Waals surface area contributed by atoms with Gasteiger partial charge in [0, 0.05) is 20.3 Å². The van der Waals surface area contributed by atoms with Crippen LogP contribution in [0.1, 0.15) is 25.7 Å². The summed E-state index contributed by atoms with van der Waals surface area (Å²) in [6.07, 6.45) is 3.80. The van der Waals surface area contributed by atoms with E-state index in [1.54, 1.807) is 7.11 Å². The zero-order valence-electron chi connectivity index (χ0n) is 10.9. The van der Waals surface area contributed by atoms with Gasteiger partial charge in [0.1, 0.15) is 5.60 Å². The first kappa shape index (κ1) is 15.7. The Bertz CT molecular complexity index is 264. The second kappa shape index (κ2) is 7.28. The van der Waals surface area contributed by atoms with Crippen LogP contribution in [0.5, 0.6) is 0 Å². The summed E-state index contributed by atoms with van der Waals surface area (Å²) in [4.78, 5) is 12.2. The molecule has 106 valence electrons. The molecule has 0 aromatic rings. The van der Waals surface area contributed by atoms with Crippen molar-refractivity contribution >= 4 is 18.3 Å². The Labute approximate surface area is 114 Å². The van der Waals surface area contributed by atoms with E-state index in [0.29, 0.717) is 6.54 Å². The third-order valence-electron chi connectivity index (χ3n) is 3.73. The van der Waals surface area contributed by atoms with E-state index in [0.717, 1.165) is 45.4 Å². The highest BCUT2D eigenvalue weighted by atomic mass is 35.5. The highest BCUT2D eigenvalue weighted by Gasteiger charge is 2.39. The van der Waals surface area contributed by atoms with Gasteiger partial charge in [-0.1, -0.05) is 0 Å². The van der Waals surface area contributed by atoms with Crippen molar-refractivity contribution in [1.29, 1.82) is 0 Å². The first-order valence-electron chi connectivity index (χ1n) is 6.43. The van der Waals surface area contributed by atoms with E-state index in [2.05, 4.69) is 10.6 Å². The van der Waals surface area contributed by atoms with Crippen molar-refractivity contribution in [2.24, 2.45) is 0 Å². The van der Waals surface area contributed by atoms with Gasteiger partial charge in [0.15, 0.2) is 0 Å². The molecule has 6 heteroatoms. The summed E-state index contributed by atoms with van der Waals surface area (Å²) in [6, 6.07) is 0. The predicted octanol–water partition coefficient (Wildman–Crippen LogP) is 0.472. The van der Waals surface area contributed by atoms with Gasteiger partial charge in [0.25, 0.3) is 5.91 Å². The number of ether oxygens (including phenoxy) is 2. The van der Waals surface area contributed by atoms with Crippen molar-refractivity contribution in [3.05, 3.63) is 0 Å². The molecule has 2 saturated heterocycles. The predicted molar refractivity (Wildman–Crippen MR) is 71.1 cm³/mol. The fourth-order valence-electron chi connectivity index (χ4n) is 2.53. The van der Waals surface area contributed by atoms with Crippen LogP contribution in [0.4, 0.5) is 0 Å². The van der Waals surface area contributed by atoms with E-state index in [1.165, 1.54) is 0 Å². The number of hydrogen-bond donors (Lipinski definition) is 2. The summed E-state index contributed by atoms with van der Waals surface area (Å²) in [5.41, 5.74) is -0.635. The first-order chi connectivity index (χ1) is 8.27. The van der Waals surface area contributed by atoms with Gasteiger partial charge < -0.3 is 20.1 Å². The number of carbonyl (C=O) groups is 1. The molecule has 0 aliphatic carbocycles. The second-order valence-electron chi connectivity index (χ2n) is 4.79. The zero-order chi connectivity index (χ0) is 12.1. The Morgan fingerprint density at radius 3 is 2.78 bits per heavy atom. The van der Waals surface area contributed by atoms with E-state index < -0.39 is 5.60 Å². The topological polar surface area (TPSA) is 59.6 Å². The van der Waals surface area contributed by atoms with Crippen molar-refractivity contribution in [3.8, 4) is 0 Å². The van der Waals surface area contributed by atoms with Crippen LogP contribution in [0.15, 0.2) is 0 Å². The van der Waals surface area contributed by atoms with Crippen LogP contribution < -0.4 is 10.6 Å². The third-order valence-corrected chi connectivity index (χ3v) is 3.73. The maximum Gasteiger partial charge on any atom is 0.252 e. The third kappa shape index (κ3) is 3.57.